The molecule has 2 N–H and O–H groups in total. The Balaban J connectivity index is 1.70. The third kappa shape index (κ3) is 4.48. The summed E-state index contributed by atoms with van der Waals surface area (Å²) in [6.45, 7) is 9.14. The van der Waals surface area contributed by atoms with Crippen molar-refractivity contribution in [2.75, 3.05) is 16.8 Å². The van der Waals surface area contributed by atoms with Crippen LogP contribution in [0.4, 0.5) is 11.4 Å². The van der Waals surface area contributed by atoms with Crippen LogP contribution in [-0.4, -0.2) is 17.6 Å². The number of benzene rings is 2. The third-order valence-corrected chi connectivity index (χ3v) is 5.30. The first-order valence-electron chi connectivity index (χ1n) is 9.41. The summed E-state index contributed by atoms with van der Waals surface area (Å²) in [5.41, 5.74) is 6.67. The average molecular weight is 382 g/mol. The number of carbonyl (C=O) groups is 1. The molecule has 1 fully saturated rings. The van der Waals surface area contributed by atoms with Gasteiger partial charge in [0.25, 0.3) is 0 Å². The third-order valence-electron chi connectivity index (χ3n) is 5.08. The van der Waals surface area contributed by atoms with Gasteiger partial charge in [-0.15, -0.1) is 0 Å². The molecule has 0 spiro atoms. The highest BCUT2D eigenvalue weighted by Gasteiger charge is 2.23. The molecule has 142 valence electrons. The highest BCUT2D eigenvalue weighted by molar-refractivity contribution is 7.80. The Morgan fingerprint density at radius 1 is 1.11 bits per heavy atom. The van der Waals surface area contributed by atoms with Gasteiger partial charge >= 0.3 is 0 Å². The van der Waals surface area contributed by atoms with E-state index in [0.717, 1.165) is 29.9 Å². The normalized spacial score (nSPS) is 15.0. The topological polar surface area (TPSA) is 44.4 Å². The summed E-state index contributed by atoms with van der Waals surface area (Å²) in [5, 5.41) is 7.20. The molecule has 0 bridgehead atoms. The van der Waals surface area contributed by atoms with Crippen LogP contribution in [0.25, 0.3) is 0 Å². The molecule has 1 saturated heterocycles. The Morgan fingerprint density at radius 2 is 1.85 bits per heavy atom. The number of anilines is 2. The molecule has 0 saturated carbocycles. The molecule has 2 aromatic rings. The second kappa shape index (κ2) is 8.09. The van der Waals surface area contributed by atoms with E-state index < -0.39 is 0 Å². The van der Waals surface area contributed by atoms with Crippen LogP contribution in [0.1, 0.15) is 48.1 Å². The zero-order valence-corrected chi connectivity index (χ0v) is 17.2. The fourth-order valence-corrected chi connectivity index (χ4v) is 3.84. The van der Waals surface area contributed by atoms with Crippen molar-refractivity contribution in [2.45, 2.75) is 46.6 Å². The lowest BCUT2D eigenvalue weighted by Gasteiger charge is -2.22. The number of thiocarbonyl (C=S) groups is 1. The Bertz CT molecular complexity index is 878. The highest BCUT2D eigenvalue weighted by atomic mass is 32.1. The predicted molar refractivity (Wildman–Crippen MR) is 116 cm³/mol. The van der Waals surface area contributed by atoms with Gasteiger partial charge in [0, 0.05) is 24.3 Å². The second-order valence-corrected chi connectivity index (χ2v) is 7.74. The Morgan fingerprint density at radius 3 is 2.56 bits per heavy atom. The van der Waals surface area contributed by atoms with Crippen molar-refractivity contribution in [3.05, 3.63) is 58.7 Å². The van der Waals surface area contributed by atoms with Crippen molar-refractivity contribution in [1.29, 1.82) is 0 Å². The van der Waals surface area contributed by atoms with E-state index in [4.69, 9.17) is 12.2 Å². The number of nitrogens with zero attached hydrogens (tertiary/aromatic N) is 1. The van der Waals surface area contributed by atoms with E-state index in [9.17, 15) is 4.79 Å². The van der Waals surface area contributed by atoms with Gasteiger partial charge in [0.05, 0.1) is 6.04 Å². The molecule has 27 heavy (non-hydrogen) atoms. The van der Waals surface area contributed by atoms with E-state index in [1.165, 1.54) is 16.7 Å². The average Bonchev–Trinajstić information content (AvgIpc) is 3.04. The van der Waals surface area contributed by atoms with Gasteiger partial charge < -0.3 is 15.5 Å². The quantitative estimate of drug-likeness (QED) is 0.748. The predicted octanol–water partition coefficient (Wildman–Crippen LogP) is 4.79. The van der Waals surface area contributed by atoms with E-state index in [1.54, 1.807) is 0 Å². The number of carbonyl (C=O) groups excluding carboxylic acids is 1. The molecule has 2 aromatic carbocycles. The Kier molecular flexibility index (Phi) is 5.80. The number of nitrogens with one attached hydrogen (secondary N) is 2. The molecule has 0 aliphatic carbocycles. The van der Waals surface area contributed by atoms with Crippen LogP contribution in [0.2, 0.25) is 0 Å². The van der Waals surface area contributed by atoms with E-state index in [-0.39, 0.29) is 11.9 Å². The summed E-state index contributed by atoms with van der Waals surface area (Å²) in [6, 6.07) is 12.6. The summed E-state index contributed by atoms with van der Waals surface area (Å²) >= 11 is 5.52. The monoisotopic (exact) mass is 381 g/mol. The van der Waals surface area contributed by atoms with Gasteiger partial charge in [-0.25, -0.2) is 0 Å². The summed E-state index contributed by atoms with van der Waals surface area (Å²) in [7, 11) is 0. The minimum atomic E-state index is 0.106. The lowest BCUT2D eigenvalue weighted by Crippen LogP contribution is -2.31. The minimum absolute atomic E-state index is 0.106. The van der Waals surface area contributed by atoms with Gasteiger partial charge in [-0.3, -0.25) is 4.79 Å². The largest absolute Gasteiger partial charge is 0.356 e. The molecule has 1 unspecified atom stereocenters. The zero-order chi connectivity index (χ0) is 19.6. The van der Waals surface area contributed by atoms with Gasteiger partial charge in [-0.05, 0) is 75.2 Å². The molecule has 1 heterocycles. The maximum atomic E-state index is 12.1. The van der Waals surface area contributed by atoms with Gasteiger partial charge in [0.1, 0.15) is 0 Å². The van der Waals surface area contributed by atoms with Gasteiger partial charge in [0.15, 0.2) is 5.11 Å². The summed E-state index contributed by atoms with van der Waals surface area (Å²) in [5.74, 6) is 0.194. The first kappa shape index (κ1) is 19.4. The van der Waals surface area contributed by atoms with Gasteiger partial charge in [0.2, 0.25) is 5.91 Å². The zero-order valence-electron chi connectivity index (χ0n) is 16.4. The number of rotatable bonds is 4. The fourth-order valence-electron chi connectivity index (χ4n) is 3.55. The van der Waals surface area contributed by atoms with Crippen LogP contribution in [-0.2, 0) is 4.79 Å². The Hall–Kier alpha value is -2.40. The molecule has 0 aromatic heterocycles. The van der Waals surface area contributed by atoms with E-state index in [1.807, 2.05) is 30.0 Å². The first-order valence-corrected chi connectivity index (χ1v) is 9.81. The molecular formula is C22H27N3OS. The van der Waals surface area contributed by atoms with E-state index >= 15 is 0 Å². The van der Waals surface area contributed by atoms with Crippen LogP contribution in [0.3, 0.4) is 0 Å². The van der Waals surface area contributed by atoms with Crippen LogP contribution in [0.15, 0.2) is 36.4 Å². The molecule has 1 aliphatic heterocycles. The molecular weight excluding hydrogens is 354 g/mol. The Labute approximate surface area is 167 Å². The lowest BCUT2D eigenvalue weighted by molar-refractivity contribution is -0.117. The molecule has 0 radical (unpaired) electrons. The number of hydrogen-bond donors (Lipinski definition) is 2. The summed E-state index contributed by atoms with van der Waals surface area (Å²) in [4.78, 5) is 14.0. The van der Waals surface area contributed by atoms with Crippen LogP contribution in [0, 0.1) is 20.8 Å². The SMILES string of the molecule is Cc1ccc(C)c(C(C)NC(=S)Nc2ccc(C)c(N3CCCC3=O)c2)c1. The van der Waals surface area contributed by atoms with Crippen molar-refractivity contribution >= 4 is 34.6 Å². The first-order chi connectivity index (χ1) is 12.8. The number of hydrogen-bond acceptors (Lipinski definition) is 2. The van der Waals surface area contributed by atoms with Crippen molar-refractivity contribution in [1.82, 2.24) is 5.32 Å². The van der Waals surface area contributed by atoms with Crippen molar-refractivity contribution in [3.63, 3.8) is 0 Å². The van der Waals surface area contributed by atoms with Gasteiger partial charge in [-0.2, -0.15) is 0 Å². The van der Waals surface area contributed by atoms with Crippen LogP contribution < -0.4 is 15.5 Å². The molecule has 1 atom stereocenters. The molecule has 1 amide bonds. The molecule has 1 aliphatic rings. The van der Waals surface area contributed by atoms with Crippen LogP contribution in [0.5, 0.6) is 0 Å². The second-order valence-electron chi connectivity index (χ2n) is 7.33. The molecule has 4 nitrogen and oxygen atoms in total. The van der Waals surface area contributed by atoms with Crippen molar-refractivity contribution < 1.29 is 4.79 Å². The highest BCUT2D eigenvalue weighted by Crippen LogP contribution is 2.28. The summed E-state index contributed by atoms with van der Waals surface area (Å²) in [6.07, 6.45) is 1.55. The molecule has 5 heteroatoms. The number of aryl methyl sites for hydroxylation is 3. The van der Waals surface area contributed by atoms with Crippen LogP contribution >= 0.6 is 12.2 Å². The number of amides is 1. The van der Waals surface area contributed by atoms with Crippen molar-refractivity contribution in [3.8, 4) is 0 Å². The summed E-state index contributed by atoms with van der Waals surface area (Å²) < 4.78 is 0. The maximum absolute atomic E-state index is 12.1. The lowest BCUT2D eigenvalue weighted by atomic mass is 10.0. The molecule has 3 rings (SSSR count). The van der Waals surface area contributed by atoms with Crippen molar-refractivity contribution in [2.24, 2.45) is 0 Å². The fraction of sp³-hybridized carbons (Fsp3) is 0.364. The maximum Gasteiger partial charge on any atom is 0.227 e. The smallest absolute Gasteiger partial charge is 0.227 e. The standard InChI is InChI=1S/C22H27N3OS/c1-14-7-8-15(2)19(12-14)17(4)23-22(27)24-18-10-9-16(3)20(13-18)25-11-5-6-21(25)26/h7-10,12-13,17H,5-6,11H2,1-4H3,(H2,23,24,27). The van der Waals surface area contributed by atoms with E-state index in [2.05, 4.69) is 49.6 Å². The van der Waals surface area contributed by atoms with Gasteiger partial charge in [-0.1, -0.05) is 29.8 Å². The minimum Gasteiger partial charge on any atom is -0.356 e. The van der Waals surface area contributed by atoms with E-state index in [0.29, 0.717) is 11.5 Å².